The molecule has 1 fully saturated rings. The van der Waals surface area contributed by atoms with Crippen LogP contribution < -0.4 is 5.73 Å². The second-order valence-electron chi connectivity index (χ2n) is 5.68. The molecular weight excluding hydrogens is 311 g/mol. The molecule has 0 amide bonds. The molecule has 0 atom stereocenters. The van der Waals surface area contributed by atoms with Gasteiger partial charge in [-0.25, -0.2) is 12.8 Å². The molecule has 2 N–H and O–H groups in total. The number of benzene rings is 1. The van der Waals surface area contributed by atoms with E-state index in [2.05, 4.69) is 0 Å². The van der Waals surface area contributed by atoms with Crippen LogP contribution in [0.4, 0.5) is 4.39 Å². The van der Waals surface area contributed by atoms with Gasteiger partial charge >= 0.3 is 0 Å². The number of thiocarbonyl (C=S) groups is 1. The summed E-state index contributed by atoms with van der Waals surface area (Å²) in [6.07, 6.45) is 1.67. The first kappa shape index (κ1) is 16.3. The Morgan fingerprint density at radius 2 is 2.10 bits per heavy atom. The molecule has 0 heterocycles. The number of hydrogen-bond donors (Lipinski definition) is 1. The van der Waals surface area contributed by atoms with Gasteiger partial charge < -0.3 is 5.73 Å². The van der Waals surface area contributed by atoms with Gasteiger partial charge in [-0.2, -0.15) is 4.31 Å². The molecule has 0 aliphatic heterocycles. The number of nitrogens with zero attached hydrogens (tertiary/aromatic N) is 1. The molecule has 1 aliphatic rings. The van der Waals surface area contributed by atoms with Crippen molar-refractivity contribution >= 4 is 27.2 Å². The standard InChI is InChI=1S/C14H19FN2O2S2/c1-9(2)8-17(10-6-7-10)21(18,19)12-5-3-4-11(15)13(12)14(16)20/h3-5,9-10H,6-8H2,1-2H3,(H2,16,20). The summed E-state index contributed by atoms with van der Waals surface area (Å²) >= 11 is 4.82. The summed E-state index contributed by atoms with van der Waals surface area (Å²) in [5.74, 6) is -0.522. The van der Waals surface area contributed by atoms with E-state index in [1.165, 1.54) is 16.4 Å². The molecule has 0 aromatic heterocycles. The second-order valence-corrected chi connectivity index (χ2v) is 7.98. The van der Waals surface area contributed by atoms with E-state index in [-0.39, 0.29) is 27.4 Å². The molecule has 21 heavy (non-hydrogen) atoms. The number of nitrogens with two attached hydrogens (primary N) is 1. The highest BCUT2D eigenvalue weighted by molar-refractivity contribution is 7.89. The van der Waals surface area contributed by atoms with Crippen LogP contribution in [0.1, 0.15) is 32.3 Å². The Morgan fingerprint density at radius 3 is 2.57 bits per heavy atom. The highest BCUT2D eigenvalue weighted by atomic mass is 32.2. The molecule has 1 saturated carbocycles. The molecule has 1 aromatic rings. The fraction of sp³-hybridized carbons (Fsp3) is 0.500. The average Bonchev–Trinajstić information content (AvgIpc) is 3.18. The van der Waals surface area contributed by atoms with Gasteiger partial charge in [0, 0.05) is 12.6 Å². The van der Waals surface area contributed by atoms with Gasteiger partial charge in [-0.05, 0) is 30.9 Å². The van der Waals surface area contributed by atoms with Crippen molar-refractivity contribution in [3.63, 3.8) is 0 Å². The van der Waals surface area contributed by atoms with Crippen LogP contribution in [0.2, 0.25) is 0 Å². The predicted octanol–water partition coefficient (Wildman–Crippen LogP) is 2.27. The minimum absolute atomic E-state index is 0.000127. The van der Waals surface area contributed by atoms with E-state index in [0.717, 1.165) is 18.9 Å². The van der Waals surface area contributed by atoms with Crippen LogP contribution in [0.5, 0.6) is 0 Å². The summed E-state index contributed by atoms with van der Waals surface area (Å²) in [6.45, 7) is 4.30. The molecule has 0 saturated heterocycles. The largest absolute Gasteiger partial charge is 0.389 e. The smallest absolute Gasteiger partial charge is 0.244 e. The third kappa shape index (κ3) is 3.41. The quantitative estimate of drug-likeness (QED) is 0.813. The zero-order chi connectivity index (χ0) is 15.8. The monoisotopic (exact) mass is 330 g/mol. The highest BCUT2D eigenvalue weighted by Crippen LogP contribution is 2.34. The van der Waals surface area contributed by atoms with Gasteiger partial charge in [-0.15, -0.1) is 0 Å². The van der Waals surface area contributed by atoms with Crippen LogP contribution in [0, 0.1) is 11.7 Å². The van der Waals surface area contributed by atoms with Gasteiger partial charge in [0.25, 0.3) is 0 Å². The van der Waals surface area contributed by atoms with E-state index in [0.29, 0.717) is 6.54 Å². The van der Waals surface area contributed by atoms with Gasteiger partial charge in [0.2, 0.25) is 10.0 Å². The number of sulfonamides is 1. The third-order valence-corrected chi connectivity index (χ3v) is 5.47. The summed E-state index contributed by atoms with van der Waals surface area (Å²) < 4.78 is 41.1. The average molecular weight is 330 g/mol. The van der Waals surface area contributed by atoms with Crippen LogP contribution in [0.15, 0.2) is 23.1 Å². The zero-order valence-electron chi connectivity index (χ0n) is 12.0. The van der Waals surface area contributed by atoms with E-state index in [9.17, 15) is 12.8 Å². The van der Waals surface area contributed by atoms with Crippen LogP contribution in [-0.4, -0.2) is 30.3 Å². The van der Waals surface area contributed by atoms with Crippen molar-refractivity contribution in [1.29, 1.82) is 0 Å². The lowest BCUT2D eigenvalue weighted by molar-refractivity contribution is 0.360. The van der Waals surface area contributed by atoms with Crippen LogP contribution >= 0.6 is 12.2 Å². The van der Waals surface area contributed by atoms with Crippen molar-refractivity contribution < 1.29 is 12.8 Å². The second kappa shape index (κ2) is 5.98. The summed E-state index contributed by atoms with van der Waals surface area (Å²) in [5.41, 5.74) is 5.32. The Morgan fingerprint density at radius 1 is 1.48 bits per heavy atom. The first-order chi connectivity index (χ1) is 9.75. The zero-order valence-corrected chi connectivity index (χ0v) is 13.7. The Balaban J connectivity index is 2.52. The number of hydrogen-bond acceptors (Lipinski definition) is 3. The van der Waals surface area contributed by atoms with Gasteiger partial charge in [0.05, 0.1) is 10.5 Å². The minimum Gasteiger partial charge on any atom is -0.389 e. The summed E-state index contributed by atoms with van der Waals surface area (Å²) in [7, 11) is -3.81. The Hall–Kier alpha value is -1.05. The Bertz CT molecular complexity index is 655. The fourth-order valence-electron chi connectivity index (χ4n) is 2.25. The highest BCUT2D eigenvalue weighted by Gasteiger charge is 2.39. The fourth-order valence-corrected chi connectivity index (χ4v) is 4.59. The predicted molar refractivity (Wildman–Crippen MR) is 84.0 cm³/mol. The maximum absolute atomic E-state index is 13.9. The lowest BCUT2D eigenvalue weighted by Gasteiger charge is -2.25. The molecule has 0 spiro atoms. The molecule has 0 radical (unpaired) electrons. The van der Waals surface area contributed by atoms with E-state index >= 15 is 0 Å². The van der Waals surface area contributed by atoms with Crippen LogP contribution in [0.25, 0.3) is 0 Å². The van der Waals surface area contributed by atoms with Crippen molar-refractivity contribution in [3.8, 4) is 0 Å². The van der Waals surface area contributed by atoms with E-state index in [4.69, 9.17) is 18.0 Å². The number of rotatable bonds is 6. The lowest BCUT2D eigenvalue weighted by atomic mass is 10.2. The molecule has 1 aromatic carbocycles. The van der Waals surface area contributed by atoms with E-state index in [1.54, 1.807) is 0 Å². The van der Waals surface area contributed by atoms with Crippen LogP contribution in [-0.2, 0) is 10.0 Å². The summed E-state index contributed by atoms with van der Waals surface area (Å²) in [6, 6.07) is 3.89. The maximum Gasteiger partial charge on any atom is 0.244 e. The van der Waals surface area contributed by atoms with Crippen molar-refractivity contribution in [1.82, 2.24) is 4.31 Å². The SMILES string of the molecule is CC(C)CN(C1CC1)S(=O)(=O)c1cccc(F)c1C(N)=S. The van der Waals surface area contributed by atoms with Gasteiger partial charge in [-0.3, -0.25) is 0 Å². The maximum atomic E-state index is 13.9. The Labute approximate surface area is 130 Å². The Kier molecular flexibility index (Phi) is 4.65. The van der Waals surface area contributed by atoms with Crippen LogP contribution in [0.3, 0.4) is 0 Å². The molecule has 1 aliphatic carbocycles. The molecule has 2 rings (SSSR count). The summed E-state index contributed by atoms with van der Waals surface area (Å²) in [5, 5.41) is 0. The van der Waals surface area contributed by atoms with Crippen molar-refractivity contribution in [2.75, 3.05) is 6.54 Å². The van der Waals surface area contributed by atoms with Gasteiger partial charge in [-0.1, -0.05) is 32.1 Å². The van der Waals surface area contributed by atoms with Crippen molar-refractivity contribution in [2.45, 2.75) is 37.6 Å². The minimum atomic E-state index is -3.81. The van der Waals surface area contributed by atoms with E-state index in [1.807, 2.05) is 13.8 Å². The molecule has 7 heteroatoms. The van der Waals surface area contributed by atoms with Crippen molar-refractivity contribution in [2.24, 2.45) is 11.7 Å². The molecule has 0 bridgehead atoms. The normalized spacial score (nSPS) is 15.7. The van der Waals surface area contributed by atoms with Crippen molar-refractivity contribution in [3.05, 3.63) is 29.6 Å². The topological polar surface area (TPSA) is 63.4 Å². The van der Waals surface area contributed by atoms with Gasteiger partial charge in [0.1, 0.15) is 10.8 Å². The first-order valence-corrected chi connectivity index (χ1v) is 8.70. The molecule has 0 unspecified atom stereocenters. The first-order valence-electron chi connectivity index (χ1n) is 6.85. The van der Waals surface area contributed by atoms with E-state index < -0.39 is 15.8 Å². The molecule has 116 valence electrons. The molecule has 4 nitrogen and oxygen atoms in total. The third-order valence-electron chi connectivity index (χ3n) is 3.31. The molecular formula is C14H19FN2O2S2. The number of halogens is 1. The van der Waals surface area contributed by atoms with Gasteiger partial charge in [0.15, 0.2) is 0 Å². The lowest BCUT2D eigenvalue weighted by Crippen LogP contribution is -2.37. The summed E-state index contributed by atoms with van der Waals surface area (Å²) in [4.78, 5) is -0.380.